The average molecular weight is 278 g/mol. The normalized spacial score (nSPS) is 10.3. The van der Waals surface area contributed by atoms with Crippen LogP contribution < -0.4 is 5.32 Å². The molecule has 2 rings (SSSR count). The van der Waals surface area contributed by atoms with Gasteiger partial charge in [0.05, 0.1) is 34.5 Å². The summed E-state index contributed by atoms with van der Waals surface area (Å²) in [6.45, 7) is 1.94. The summed E-state index contributed by atoms with van der Waals surface area (Å²) >= 11 is 9.37. The molecular weight excluding hydrogens is 264 g/mol. The van der Waals surface area contributed by atoms with E-state index in [2.05, 4.69) is 28.0 Å². The van der Waals surface area contributed by atoms with E-state index in [-0.39, 0.29) is 0 Å². The van der Waals surface area contributed by atoms with Crippen LogP contribution in [0.15, 0.2) is 30.7 Å². The minimum atomic E-state index is 0.738. The Kier molecular flexibility index (Phi) is 4.33. The van der Waals surface area contributed by atoms with Crippen molar-refractivity contribution < 1.29 is 0 Å². The zero-order valence-corrected chi connectivity index (χ0v) is 11.7. The lowest BCUT2D eigenvalue weighted by Crippen LogP contribution is -2.09. The van der Waals surface area contributed by atoms with Crippen LogP contribution in [0.25, 0.3) is 5.69 Å². The van der Waals surface area contributed by atoms with Crippen molar-refractivity contribution in [2.45, 2.75) is 13.3 Å². The molecule has 18 heavy (non-hydrogen) atoms. The van der Waals surface area contributed by atoms with Gasteiger partial charge >= 0.3 is 0 Å². The van der Waals surface area contributed by atoms with Crippen LogP contribution in [0.3, 0.4) is 0 Å². The van der Waals surface area contributed by atoms with E-state index >= 15 is 0 Å². The number of aromatic nitrogens is 3. The van der Waals surface area contributed by atoms with Gasteiger partial charge in [0.1, 0.15) is 0 Å². The maximum atomic E-state index is 5.21. The molecule has 1 N–H and O–H groups in total. The molecule has 2 heterocycles. The molecule has 0 saturated heterocycles. The monoisotopic (exact) mass is 278 g/mol. The second-order valence-corrected chi connectivity index (χ2v) is 4.75. The number of hydrogen-bond donors (Lipinski definition) is 2. The van der Waals surface area contributed by atoms with Crippen molar-refractivity contribution in [3.8, 4) is 5.69 Å². The van der Waals surface area contributed by atoms with Gasteiger partial charge in [-0.15, -0.1) is 0 Å². The Morgan fingerprint density at radius 2 is 2.39 bits per heavy atom. The van der Waals surface area contributed by atoms with Gasteiger partial charge in [0.15, 0.2) is 0 Å². The summed E-state index contributed by atoms with van der Waals surface area (Å²) in [6.07, 6.45) is 6.18. The summed E-state index contributed by atoms with van der Waals surface area (Å²) in [5.74, 6) is 0.738. The number of pyridine rings is 1. The Labute approximate surface area is 117 Å². The summed E-state index contributed by atoms with van der Waals surface area (Å²) in [7, 11) is 0. The molecule has 0 fully saturated rings. The zero-order chi connectivity index (χ0) is 13.0. The zero-order valence-electron chi connectivity index (χ0n) is 10.00. The lowest BCUT2D eigenvalue weighted by atomic mass is 10.3. The van der Waals surface area contributed by atoms with E-state index in [9.17, 15) is 0 Å². The SMILES string of the molecule is Cc1nn(-c2cccnc2)cc1NC(=S)CCS. The van der Waals surface area contributed by atoms with Crippen molar-refractivity contribution in [3.05, 3.63) is 36.4 Å². The Hall–Kier alpha value is -1.40. The molecule has 0 bridgehead atoms. The van der Waals surface area contributed by atoms with E-state index in [1.807, 2.05) is 25.3 Å². The molecular formula is C12H14N4S2. The van der Waals surface area contributed by atoms with Crippen molar-refractivity contribution in [2.24, 2.45) is 0 Å². The fourth-order valence-electron chi connectivity index (χ4n) is 1.52. The van der Waals surface area contributed by atoms with E-state index in [4.69, 9.17) is 12.2 Å². The first kappa shape index (κ1) is 13.0. The molecule has 6 heteroatoms. The highest BCUT2D eigenvalue weighted by atomic mass is 32.1. The molecule has 0 atom stereocenters. The molecule has 0 radical (unpaired) electrons. The quantitative estimate of drug-likeness (QED) is 0.666. The molecule has 0 saturated carbocycles. The molecule has 4 nitrogen and oxygen atoms in total. The molecule has 0 aliphatic rings. The van der Waals surface area contributed by atoms with Crippen LogP contribution in [0.2, 0.25) is 0 Å². The van der Waals surface area contributed by atoms with E-state index < -0.39 is 0 Å². The molecule has 0 amide bonds. The van der Waals surface area contributed by atoms with Gasteiger partial charge in [0, 0.05) is 12.6 Å². The molecule has 0 aliphatic heterocycles. The highest BCUT2D eigenvalue weighted by molar-refractivity contribution is 7.81. The number of nitrogens with zero attached hydrogens (tertiary/aromatic N) is 3. The highest BCUT2D eigenvalue weighted by Gasteiger charge is 2.07. The van der Waals surface area contributed by atoms with Gasteiger partial charge in [0.25, 0.3) is 0 Å². The number of anilines is 1. The van der Waals surface area contributed by atoms with Crippen molar-refractivity contribution in [3.63, 3.8) is 0 Å². The molecule has 94 valence electrons. The van der Waals surface area contributed by atoms with Crippen LogP contribution in [0, 0.1) is 6.92 Å². The first-order valence-electron chi connectivity index (χ1n) is 5.58. The largest absolute Gasteiger partial charge is 0.347 e. The number of rotatable bonds is 4. The fourth-order valence-corrected chi connectivity index (χ4v) is 2.11. The Balaban J connectivity index is 2.20. The Morgan fingerprint density at radius 1 is 1.56 bits per heavy atom. The number of hydrogen-bond acceptors (Lipinski definition) is 4. The first-order chi connectivity index (χ1) is 8.70. The van der Waals surface area contributed by atoms with Crippen LogP contribution in [0.5, 0.6) is 0 Å². The summed E-state index contributed by atoms with van der Waals surface area (Å²) in [6, 6.07) is 3.83. The van der Waals surface area contributed by atoms with Gasteiger partial charge in [0.2, 0.25) is 0 Å². The van der Waals surface area contributed by atoms with Crippen LogP contribution in [0.1, 0.15) is 12.1 Å². The van der Waals surface area contributed by atoms with Crippen LogP contribution in [0.4, 0.5) is 5.69 Å². The van der Waals surface area contributed by atoms with Gasteiger partial charge in [-0.3, -0.25) is 4.98 Å². The van der Waals surface area contributed by atoms with E-state index in [1.54, 1.807) is 17.1 Å². The third kappa shape index (κ3) is 3.08. The topological polar surface area (TPSA) is 42.7 Å². The molecule has 0 aromatic carbocycles. The lowest BCUT2D eigenvalue weighted by molar-refractivity contribution is 0.857. The predicted octanol–water partition coefficient (Wildman–Crippen LogP) is 2.63. The second kappa shape index (κ2) is 5.97. The van der Waals surface area contributed by atoms with Crippen LogP contribution in [-0.4, -0.2) is 25.5 Å². The van der Waals surface area contributed by atoms with Crippen molar-refractivity contribution in [2.75, 3.05) is 11.1 Å². The lowest BCUT2D eigenvalue weighted by Gasteiger charge is -2.04. The fraction of sp³-hybridized carbons (Fsp3) is 0.250. The van der Waals surface area contributed by atoms with Gasteiger partial charge < -0.3 is 5.32 Å². The predicted molar refractivity (Wildman–Crippen MR) is 80.8 cm³/mol. The van der Waals surface area contributed by atoms with Gasteiger partial charge in [-0.25, -0.2) is 4.68 Å². The molecule has 0 spiro atoms. The van der Waals surface area contributed by atoms with Crippen molar-refractivity contribution in [1.82, 2.24) is 14.8 Å². The smallest absolute Gasteiger partial charge is 0.0833 e. The Morgan fingerprint density at radius 3 is 3.06 bits per heavy atom. The molecule has 0 aliphatic carbocycles. The molecule has 2 aromatic rings. The van der Waals surface area contributed by atoms with Crippen molar-refractivity contribution >= 4 is 35.5 Å². The number of thiol groups is 1. The summed E-state index contributed by atoms with van der Waals surface area (Å²) in [5.41, 5.74) is 2.75. The van der Waals surface area contributed by atoms with E-state index in [1.165, 1.54) is 0 Å². The standard InChI is InChI=1S/C12H14N4S2/c1-9-11(14-12(18)4-6-17)8-16(15-9)10-3-2-5-13-7-10/h2-3,5,7-8,17H,4,6H2,1H3,(H,14,18). The van der Waals surface area contributed by atoms with Crippen molar-refractivity contribution in [1.29, 1.82) is 0 Å². The summed E-state index contributed by atoms with van der Waals surface area (Å²) < 4.78 is 1.79. The minimum absolute atomic E-state index is 0.738. The third-order valence-corrected chi connectivity index (χ3v) is 2.95. The minimum Gasteiger partial charge on any atom is -0.347 e. The first-order valence-corrected chi connectivity index (χ1v) is 6.62. The Bertz CT molecular complexity index is 536. The van der Waals surface area contributed by atoms with E-state index in [0.717, 1.165) is 34.2 Å². The average Bonchev–Trinajstić information content (AvgIpc) is 2.72. The number of aryl methyl sites for hydroxylation is 1. The van der Waals surface area contributed by atoms with Gasteiger partial charge in [-0.05, 0) is 24.8 Å². The third-order valence-electron chi connectivity index (χ3n) is 2.42. The number of nitrogens with one attached hydrogen (secondary N) is 1. The number of thiocarbonyl (C=S) groups is 1. The van der Waals surface area contributed by atoms with Crippen LogP contribution >= 0.6 is 24.8 Å². The maximum Gasteiger partial charge on any atom is 0.0833 e. The summed E-state index contributed by atoms with van der Waals surface area (Å²) in [5, 5.41) is 7.61. The maximum absolute atomic E-state index is 5.21. The highest BCUT2D eigenvalue weighted by Crippen LogP contribution is 2.16. The van der Waals surface area contributed by atoms with Crippen LogP contribution in [-0.2, 0) is 0 Å². The molecule has 2 aromatic heterocycles. The molecule has 0 unspecified atom stereocenters. The van der Waals surface area contributed by atoms with Gasteiger partial charge in [-0.2, -0.15) is 17.7 Å². The second-order valence-electron chi connectivity index (χ2n) is 3.81. The van der Waals surface area contributed by atoms with E-state index in [0.29, 0.717) is 0 Å². The van der Waals surface area contributed by atoms with Gasteiger partial charge in [-0.1, -0.05) is 12.2 Å². The summed E-state index contributed by atoms with van der Waals surface area (Å²) in [4.78, 5) is 4.85.